The number of fused-ring (bicyclic) bond motifs is 1. The monoisotopic (exact) mass is 209 g/mol. The van der Waals surface area contributed by atoms with Crippen molar-refractivity contribution in [2.75, 3.05) is 13.7 Å². The van der Waals surface area contributed by atoms with Gasteiger partial charge in [0, 0.05) is 18.2 Å². The molecule has 0 spiro atoms. The third-order valence-electron chi connectivity index (χ3n) is 2.31. The van der Waals surface area contributed by atoms with Crippen molar-refractivity contribution >= 4 is 5.97 Å². The lowest BCUT2D eigenvalue weighted by molar-refractivity contribution is 0.0581. The molecule has 1 N–H and O–H groups in total. The van der Waals surface area contributed by atoms with E-state index in [4.69, 9.17) is 4.74 Å². The van der Waals surface area contributed by atoms with Crippen LogP contribution >= 0.6 is 0 Å². The standard InChI is InChI=1S/C10H11NO4/c1-14-10(13)8-9-6(2-4-11-8)7(12)3-5-15-9/h2,4,7,12H,3,5H2,1H3. The highest BCUT2D eigenvalue weighted by Crippen LogP contribution is 2.33. The van der Waals surface area contributed by atoms with E-state index in [2.05, 4.69) is 9.72 Å². The second-order valence-corrected chi connectivity index (χ2v) is 3.22. The maximum absolute atomic E-state index is 11.3. The van der Waals surface area contributed by atoms with E-state index in [1.807, 2.05) is 0 Å². The lowest BCUT2D eigenvalue weighted by Crippen LogP contribution is -2.18. The van der Waals surface area contributed by atoms with Crippen molar-refractivity contribution < 1.29 is 19.4 Å². The maximum Gasteiger partial charge on any atom is 0.360 e. The van der Waals surface area contributed by atoms with Crippen molar-refractivity contribution in [2.45, 2.75) is 12.5 Å². The molecule has 0 saturated heterocycles. The number of carbonyl (C=O) groups excluding carboxylic acids is 1. The first-order chi connectivity index (χ1) is 7.24. The number of nitrogens with zero attached hydrogens (tertiary/aromatic N) is 1. The van der Waals surface area contributed by atoms with Crippen LogP contribution < -0.4 is 4.74 Å². The van der Waals surface area contributed by atoms with Crippen LogP contribution in [0.4, 0.5) is 0 Å². The fraction of sp³-hybridized carbons (Fsp3) is 0.400. The third-order valence-corrected chi connectivity index (χ3v) is 2.31. The largest absolute Gasteiger partial charge is 0.491 e. The third kappa shape index (κ3) is 1.66. The predicted octanol–water partition coefficient (Wildman–Crippen LogP) is 0.684. The van der Waals surface area contributed by atoms with Gasteiger partial charge in [-0.25, -0.2) is 9.78 Å². The van der Waals surface area contributed by atoms with Crippen molar-refractivity contribution in [3.8, 4) is 5.75 Å². The fourth-order valence-electron chi connectivity index (χ4n) is 1.55. The smallest absolute Gasteiger partial charge is 0.360 e. The first-order valence-electron chi connectivity index (χ1n) is 4.62. The zero-order chi connectivity index (χ0) is 10.8. The number of aromatic nitrogens is 1. The first kappa shape index (κ1) is 9.92. The van der Waals surface area contributed by atoms with Crippen LogP contribution in [0.25, 0.3) is 0 Å². The topological polar surface area (TPSA) is 68.7 Å². The number of methoxy groups -OCH3 is 1. The zero-order valence-corrected chi connectivity index (χ0v) is 8.27. The Bertz CT molecular complexity index is 391. The Kier molecular flexibility index (Phi) is 2.55. The number of hydrogen-bond donors (Lipinski definition) is 1. The first-order valence-corrected chi connectivity index (χ1v) is 4.62. The van der Waals surface area contributed by atoms with E-state index in [0.717, 1.165) is 0 Å². The van der Waals surface area contributed by atoms with Crippen LogP contribution in [0, 0.1) is 0 Å². The quantitative estimate of drug-likeness (QED) is 0.689. The highest BCUT2D eigenvalue weighted by molar-refractivity contribution is 5.90. The Labute approximate surface area is 86.7 Å². The Balaban J connectivity index is 2.49. The summed E-state index contributed by atoms with van der Waals surface area (Å²) in [7, 11) is 1.28. The molecule has 1 unspecified atom stereocenters. The molecule has 15 heavy (non-hydrogen) atoms. The van der Waals surface area contributed by atoms with Crippen LogP contribution in [-0.4, -0.2) is 29.8 Å². The normalized spacial score (nSPS) is 18.9. The van der Waals surface area contributed by atoms with Gasteiger partial charge in [0.15, 0.2) is 11.4 Å². The molecule has 0 aliphatic carbocycles. The van der Waals surface area contributed by atoms with Gasteiger partial charge in [-0.15, -0.1) is 0 Å². The molecule has 2 heterocycles. The number of pyridine rings is 1. The van der Waals surface area contributed by atoms with Gasteiger partial charge in [-0.2, -0.15) is 0 Å². The Morgan fingerprint density at radius 2 is 2.53 bits per heavy atom. The number of esters is 1. The van der Waals surface area contributed by atoms with Gasteiger partial charge in [0.05, 0.1) is 19.8 Å². The van der Waals surface area contributed by atoms with E-state index in [1.165, 1.54) is 13.3 Å². The Morgan fingerprint density at radius 1 is 1.73 bits per heavy atom. The van der Waals surface area contributed by atoms with E-state index in [-0.39, 0.29) is 5.69 Å². The molecule has 1 aliphatic rings. The van der Waals surface area contributed by atoms with E-state index in [9.17, 15) is 9.90 Å². The molecule has 0 amide bonds. The minimum atomic E-state index is -0.597. The van der Waals surface area contributed by atoms with Crippen molar-refractivity contribution in [1.29, 1.82) is 0 Å². The summed E-state index contributed by atoms with van der Waals surface area (Å²) in [6.45, 7) is 0.379. The molecule has 1 aromatic rings. The molecule has 5 heteroatoms. The van der Waals surface area contributed by atoms with Crippen LogP contribution in [-0.2, 0) is 4.74 Å². The summed E-state index contributed by atoms with van der Waals surface area (Å²) >= 11 is 0. The van der Waals surface area contributed by atoms with Crippen LogP contribution in [0.15, 0.2) is 12.3 Å². The molecular formula is C10H11NO4. The summed E-state index contributed by atoms with van der Waals surface area (Å²) in [5.74, 6) is -0.218. The molecule has 1 aromatic heterocycles. The lowest BCUT2D eigenvalue weighted by Gasteiger charge is -2.22. The van der Waals surface area contributed by atoms with Gasteiger partial charge in [0.2, 0.25) is 0 Å². The number of hydrogen-bond acceptors (Lipinski definition) is 5. The van der Waals surface area contributed by atoms with Gasteiger partial charge in [-0.05, 0) is 6.07 Å². The summed E-state index contributed by atoms with van der Waals surface area (Å²) in [6, 6.07) is 1.64. The summed E-state index contributed by atoms with van der Waals surface area (Å²) in [6.07, 6.45) is 1.39. The van der Waals surface area contributed by atoms with E-state index >= 15 is 0 Å². The average molecular weight is 209 g/mol. The molecule has 80 valence electrons. The van der Waals surface area contributed by atoms with Crippen LogP contribution in [0.3, 0.4) is 0 Å². The second kappa shape index (κ2) is 3.86. The van der Waals surface area contributed by atoms with Crippen molar-refractivity contribution in [3.05, 3.63) is 23.5 Å². The molecular weight excluding hydrogens is 198 g/mol. The van der Waals surface area contributed by atoms with E-state index in [0.29, 0.717) is 24.3 Å². The molecule has 2 rings (SSSR count). The highest BCUT2D eigenvalue weighted by atomic mass is 16.5. The number of aliphatic hydroxyl groups excluding tert-OH is 1. The molecule has 5 nitrogen and oxygen atoms in total. The van der Waals surface area contributed by atoms with Crippen molar-refractivity contribution in [2.24, 2.45) is 0 Å². The highest BCUT2D eigenvalue weighted by Gasteiger charge is 2.25. The van der Waals surface area contributed by atoms with E-state index in [1.54, 1.807) is 6.07 Å². The van der Waals surface area contributed by atoms with Crippen LogP contribution in [0.5, 0.6) is 5.75 Å². The van der Waals surface area contributed by atoms with Gasteiger partial charge in [0.1, 0.15) is 0 Å². The SMILES string of the molecule is COC(=O)c1nccc2c1OCCC2O. The van der Waals surface area contributed by atoms with Gasteiger partial charge >= 0.3 is 5.97 Å². The molecule has 0 bridgehead atoms. The summed E-state index contributed by atoms with van der Waals surface area (Å²) in [5, 5.41) is 9.68. The number of aliphatic hydroxyl groups is 1. The number of rotatable bonds is 1. The zero-order valence-electron chi connectivity index (χ0n) is 8.27. The predicted molar refractivity (Wildman–Crippen MR) is 50.6 cm³/mol. The maximum atomic E-state index is 11.3. The van der Waals surface area contributed by atoms with Crippen LogP contribution in [0.1, 0.15) is 28.6 Å². The van der Waals surface area contributed by atoms with E-state index < -0.39 is 12.1 Å². The second-order valence-electron chi connectivity index (χ2n) is 3.22. The molecule has 1 atom stereocenters. The summed E-state index contributed by atoms with van der Waals surface area (Å²) in [5.41, 5.74) is 0.713. The van der Waals surface area contributed by atoms with Crippen LogP contribution in [0.2, 0.25) is 0 Å². The molecule has 1 aliphatic heterocycles. The average Bonchev–Trinajstić information content (AvgIpc) is 2.28. The minimum Gasteiger partial charge on any atom is -0.491 e. The summed E-state index contributed by atoms with van der Waals surface area (Å²) in [4.78, 5) is 15.2. The Hall–Kier alpha value is -1.62. The minimum absolute atomic E-state index is 0.119. The Morgan fingerprint density at radius 3 is 3.27 bits per heavy atom. The number of carbonyl (C=O) groups is 1. The molecule has 0 saturated carbocycles. The van der Waals surface area contributed by atoms with Crippen molar-refractivity contribution in [3.63, 3.8) is 0 Å². The van der Waals surface area contributed by atoms with Gasteiger partial charge in [0.25, 0.3) is 0 Å². The fourth-order valence-corrected chi connectivity index (χ4v) is 1.55. The van der Waals surface area contributed by atoms with Gasteiger partial charge in [-0.1, -0.05) is 0 Å². The van der Waals surface area contributed by atoms with Gasteiger partial charge < -0.3 is 14.6 Å². The lowest BCUT2D eigenvalue weighted by atomic mass is 10.0. The van der Waals surface area contributed by atoms with Gasteiger partial charge in [-0.3, -0.25) is 0 Å². The summed E-state index contributed by atoms with van der Waals surface area (Å²) < 4.78 is 9.90. The molecule has 0 fully saturated rings. The molecule has 0 radical (unpaired) electrons. The number of ether oxygens (including phenoxy) is 2. The van der Waals surface area contributed by atoms with Crippen molar-refractivity contribution in [1.82, 2.24) is 4.98 Å². The molecule has 0 aromatic carbocycles.